The van der Waals surface area contributed by atoms with E-state index in [9.17, 15) is 13.2 Å². The van der Waals surface area contributed by atoms with Gasteiger partial charge in [-0.1, -0.05) is 12.1 Å². The zero-order valence-corrected chi connectivity index (χ0v) is 9.61. The summed E-state index contributed by atoms with van der Waals surface area (Å²) in [4.78, 5) is 3.64. The monoisotopic (exact) mass is 258 g/mol. The number of aryl methyl sites for hydroxylation is 1. The van der Waals surface area contributed by atoms with Crippen LogP contribution in [0.2, 0.25) is 0 Å². The smallest absolute Gasteiger partial charge is 0.396 e. The molecule has 0 aliphatic rings. The molecule has 0 aliphatic carbocycles. The van der Waals surface area contributed by atoms with Gasteiger partial charge in [-0.3, -0.25) is 0 Å². The van der Waals surface area contributed by atoms with Gasteiger partial charge in [0.05, 0.1) is 11.0 Å². The number of unbranched alkanes of at least 4 members (excludes halogenated alkanes) is 1. The highest BCUT2D eigenvalue weighted by atomic mass is 19.4. The second kappa shape index (κ2) is 4.97. The highest BCUT2D eigenvalue weighted by Gasteiger charge is 2.37. The van der Waals surface area contributed by atoms with Crippen molar-refractivity contribution in [2.75, 3.05) is 6.61 Å². The van der Waals surface area contributed by atoms with Crippen LogP contribution in [0.15, 0.2) is 24.3 Å². The average Bonchev–Trinajstić information content (AvgIpc) is 2.69. The predicted molar refractivity (Wildman–Crippen MR) is 61.1 cm³/mol. The maximum absolute atomic E-state index is 12.9. The van der Waals surface area contributed by atoms with Crippen LogP contribution in [0.1, 0.15) is 18.7 Å². The highest BCUT2D eigenvalue weighted by Crippen LogP contribution is 2.31. The van der Waals surface area contributed by atoms with Crippen LogP contribution in [0.5, 0.6) is 0 Å². The van der Waals surface area contributed by atoms with Crippen LogP contribution in [0.25, 0.3) is 11.0 Å². The molecule has 1 aromatic carbocycles. The molecule has 0 unspecified atom stereocenters. The van der Waals surface area contributed by atoms with Gasteiger partial charge in [-0.05, 0) is 25.0 Å². The molecule has 0 saturated carbocycles. The van der Waals surface area contributed by atoms with Crippen LogP contribution in [0.4, 0.5) is 13.2 Å². The summed E-state index contributed by atoms with van der Waals surface area (Å²) < 4.78 is 39.8. The molecule has 18 heavy (non-hydrogen) atoms. The first-order valence-corrected chi connectivity index (χ1v) is 5.67. The fraction of sp³-hybridized carbons (Fsp3) is 0.417. The number of aliphatic hydroxyl groups is 1. The highest BCUT2D eigenvalue weighted by molar-refractivity contribution is 5.76. The second-order valence-corrected chi connectivity index (χ2v) is 4.00. The molecule has 0 aliphatic heterocycles. The van der Waals surface area contributed by atoms with E-state index < -0.39 is 12.0 Å². The SMILES string of the molecule is OCCCCn1c(C(F)(F)F)nc2ccccc21. The standard InChI is InChI=1S/C12H13F3N2O/c13-12(14,15)11-16-9-5-1-2-6-10(9)17(11)7-3-4-8-18/h1-2,5-6,18H,3-4,7-8H2. The van der Waals surface area contributed by atoms with E-state index in [1.807, 2.05) is 0 Å². The number of benzene rings is 1. The second-order valence-electron chi connectivity index (χ2n) is 4.00. The van der Waals surface area contributed by atoms with Crippen molar-refractivity contribution in [1.82, 2.24) is 9.55 Å². The Morgan fingerprint density at radius 2 is 1.89 bits per heavy atom. The van der Waals surface area contributed by atoms with Gasteiger partial charge in [-0.25, -0.2) is 4.98 Å². The lowest BCUT2D eigenvalue weighted by Gasteiger charge is -2.10. The molecule has 6 heteroatoms. The van der Waals surface area contributed by atoms with E-state index in [1.54, 1.807) is 24.3 Å². The molecule has 2 rings (SSSR count). The third-order valence-electron chi connectivity index (χ3n) is 2.70. The third kappa shape index (κ3) is 2.48. The van der Waals surface area contributed by atoms with Gasteiger partial charge >= 0.3 is 6.18 Å². The van der Waals surface area contributed by atoms with E-state index in [-0.39, 0.29) is 13.2 Å². The van der Waals surface area contributed by atoms with Crippen LogP contribution in [0.3, 0.4) is 0 Å². The maximum atomic E-state index is 12.9. The van der Waals surface area contributed by atoms with E-state index in [4.69, 9.17) is 5.11 Å². The first-order valence-electron chi connectivity index (χ1n) is 5.67. The van der Waals surface area contributed by atoms with Gasteiger partial charge in [0.2, 0.25) is 5.82 Å². The molecule has 0 fully saturated rings. The topological polar surface area (TPSA) is 38.0 Å². The van der Waals surface area contributed by atoms with Gasteiger partial charge in [-0.15, -0.1) is 0 Å². The van der Waals surface area contributed by atoms with Crippen LogP contribution < -0.4 is 0 Å². The Morgan fingerprint density at radius 1 is 1.17 bits per heavy atom. The lowest BCUT2D eigenvalue weighted by molar-refractivity contribution is -0.147. The first kappa shape index (κ1) is 12.9. The summed E-state index contributed by atoms with van der Waals surface area (Å²) in [5.74, 6) is -0.873. The molecule has 0 saturated heterocycles. The Bertz CT molecular complexity index is 534. The summed E-state index contributed by atoms with van der Waals surface area (Å²) in [5, 5.41) is 8.69. The molecule has 0 amide bonds. The lowest BCUT2D eigenvalue weighted by Crippen LogP contribution is -2.15. The number of nitrogens with zero attached hydrogens (tertiary/aromatic N) is 2. The Morgan fingerprint density at radius 3 is 2.56 bits per heavy atom. The van der Waals surface area contributed by atoms with Crippen LogP contribution in [-0.4, -0.2) is 21.3 Å². The minimum Gasteiger partial charge on any atom is -0.396 e. The summed E-state index contributed by atoms with van der Waals surface area (Å²) in [6.07, 6.45) is -3.50. The number of para-hydroxylation sites is 2. The van der Waals surface area contributed by atoms with E-state index in [2.05, 4.69) is 4.98 Å². The van der Waals surface area contributed by atoms with Crippen molar-refractivity contribution in [3.8, 4) is 0 Å². The van der Waals surface area contributed by atoms with E-state index in [0.717, 1.165) is 0 Å². The van der Waals surface area contributed by atoms with Crippen molar-refractivity contribution in [3.05, 3.63) is 30.1 Å². The number of alkyl halides is 3. The van der Waals surface area contributed by atoms with Crippen molar-refractivity contribution in [2.24, 2.45) is 0 Å². The van der Waals surface area contributed by atoms with Crippen molar-refractivity contribution in [3.63, 3.8) is 0 Å². The Labute approximate surface area is 102 Å². The molecule has 1 N–H and O–H groups in total. The van der Waals surface area contributed by atoms with Crippen LogP contribution in [-0.2, 0) is 12.7 Å². The van der Waals surface area contributed by atoms with Crippen molar-refractivity contribution in [2.45, 2.75) is 25.6 Å². The number of rotatable bonds is 4. The molecule has 98 valence electrons. The van der Waals surface area contributed by atoms with E-state index in [1.165, 1.54) is 4.57 Å². The van der Waals surface area contributed by atoms with Gasteiger partial charge in [0.15, 0.2) is 0 Å². The molecule has 1 aromatic heterocycles. The number of aliphatic hydroxyl groups excluding tert-OH is 1. The zero-order chi connectivity index (χ0) is 13.2. The largest absolute Gasteiger partial charge is 0.449 e. The summed E-state index contributed by atoms with van der Waals surface area (Å²) in [7, 11) is 0. The molecule has 0 atom stereocenters. The van der Waals surface area contributed by atoms with E-state index >= 15 is 0 Å². The summed E-state index contributed by atoms with van der Waals surface area (Å²) in [6, 6.07) is 6.53. The van der Waals surface area contributed by atoms with Crippen molar-refractivity contribution >= 4 is 11.0 Å². The van der Waals surface area contributed by atoms with Gasteiger partial charge in [0.1, 0.15) is 0 Å². The zero-order valence-electron chi connectivity index (χ0n) is 9.61. The number of imidazole rings is 1. The molecule has 2 aromatic rings. The molecule has 0 bridgehead atoms. The number of hydrogen-bond donors (Lipinski definition) is 1. The number of fused-ring (bicyclic) bond motifs is 1. The van der Waals surface area contributed by atoms with Gasteiger partial charge < -0.3 is 9.67 Å². The molecule has 0 radical (unpaired) electrons. The van der Waals surface area contributed by atoms with Crippen LogP contribution >= 0.6 is 0 Å². The average molecular weight is 258 g/mol. The van der Waals surface area contributed by atoms with Crippen LogP contribution in [0, 0.1) is 0 Å². The molecule has 0 spiro atoms. The fourth-order valence-corrected chi connectivity index (χ4v) is 1.90. The van der Waals surface area contributed by atoms with Gasteiger partial charge in [0, 0.05) is 13.2 Å². The first-order chi connectivity index (χ1) is 8.54. The Balaban J connectivity index is 2.44. The summed E-state index contributed by atoms with van der Waals surface area (Å²) in [6.45, 7) is 0.184. The normalized spacial score (nSPS) is 12.2. The Hall–Kier alpha value is -1.56. The van der Waals surface area contributed by atoms with E-state index in [0.29, 0.717) is 23.9 Å². The summed E-state index contributed by atoms with van der Waals surface area (Å²) in [5.41, 5.74) is 0.816. The number of aromatic nitrogens is 2. The Kier molecular flexibility index (Phi) is 3.56. The quantitative estimate of drug-likeness (QED) is 0.856. The molecular formula is C12H13F3N2O. The molecule has 3 nitrogen and oxygen atoms in total. The third-order valence-corrected chi connectivity index (χ3v) is 2.70. The minimum absolute atomic E-state index is 0.0199. The minimum atomic E-state index is -4.46. The predicted octanol–water partition coefficient (Wildman–Crippen LogP) is 2.83. The molecular weight excluding hydrogens is 245 g/mol. The molecule has 1 heterocycles. The summed E-state index contributed by atoms with van der Waals surface area (Å²) >= 11 is 0. The fourth-order valence-electron chi connectivity index (χ4n) is 1.90. The number of hydrogen-bond acceptors (Lipinski definition) is 2. The maximum Gasteiger partial charge on any atom is 0.449 e. The van der Waals surface area contributed by atoms with Gasteiger partial charge in [0.25, 0.3) is 0 Å². The van der Waals surface area contributed by atoms with Gasteiger partial charge in [-0.2, -0.15) is 13.2 Å². The van der Waals surface area contributed by atoms with Crippen molar-refractivity contribution < 1.29 is 18.3 Å². The number of halogens is 3. The van der Waals surface area contributed by atoms with Crippen molar-refractivity contribution in [1.29, 1.82) is 0 Å². The lowest BCUT2D eigenvalue weighted by atomic mass is 10.3.